The highest BCUT2D eigenvalue weighted by Crippen LogP contribution is 2.41. The normalized spacial score (nSPS) is 11.6. The molecule has 0 spiro atoms. The summed E-state index contributed by atoms with van der Waals surface area (Å²) in [6.07, 6.45) is 5.89. The monoisotopic (exact) mass is 748 g/mol. The third-order valence-electron chi connectivity index (χ3n) is 10.7. The van der Waals surface area contributed by atoms with Crippen LogP contribution in [0.3, 0.4) is 0 Å². The Morgan fingerprint density at radius 1 is 0.509 bits per heavy atom. The largest absolute Gasteiger partial charge is 0.278 e. The van der Waals surface area contributed by atoms with E-state index in [2.05, 4.69) is 182 Å². The molecule has 10 aromatic rings. The van der Waals surface area contributed by atoms with Crippen molar-refractivity contribution in [2.24, 2.45) is 0 Å². The summed E-state index contributed by atoms with van der Waals surface area (Å²) in [5.74, 6) is 1.75. The zero-order valence-electron chi connectivity index (χ0n) is 31.3. The van der Waals surface area contributed by atoms with Crippen molar-refractivity contribution in [3.63, 3.8) is 0 Å². The lowest BCUT2D eigenvalue weighted by atomic mass is 10.0. The van der Waals surface area contributed by atoms with Crippen LogP contribution in [0, 0.1) is 6.92 Å². The number of benzene rings is 7. The van der Waals surface area contributed by atoms with Gasteiger partial charge < -0.3 is 0 Å². The number of thiophene rings is 1. The lowest BCUT2D eigenvalue weighted by Gasteiger charge is -2.13. The average Bonchev–Trinajstić information content (AvgIpc) is 3.80. The van der Waals surface area contributed by atoms with Gasteiger partial charge in [0.25, 0.3) is 0 Å². The molecule has 0 radical (unpaired) electrons. The summed E-state index contributed by atoms with van der Waals surface area (Å²) in [7, 11) is 0. The molecule has 0 saturated heterocycles. The van der Waals surface area contributed by atoms with Gasteiger partial charge in [-0.1, -0.05) is 170 Å². The Hall–Kier alpha value is -7.21. The Bertz CT molecular complexity index is 3140. The number of aromatic nitrogens is 4. The Morgan fingerprint density at radius 3 is 1.88 bits per heavy atom. The molecule has 0 saturated carbocycles. The highest BCUT2D eigenvalue weighted by atomic mass is 32.1. The first-order valence-corrected chi connectivity index (χ1v) is 19.9. The van der Waals surface area contributed by atoms with Crippen molar-refractivity contribution in [2.75, 3.05) is 0 Å². The maximum absolute atomic E-state index is 5.30. The Morgan fingerprint density at radius 2 is 1.11 bits per heavy atom. The van der Waals surface area contributed by atoms with Gasteiger partial charge in [0, 0.05) is 36.7 Å². The van der Waals surface area contributed by atoms with Gasteiger partial charge in [-0.15, -0.1) is 11.3 Å². The molecule has 10 rings (SSSR count). The van der Waals surface area contributed by atoms with Crippen LogP contribution in [0.4, 0.5) is 0 Å². The molecule has 3 heterocycles. The number of fused-ring (bicyclic) bond motifs is 4. The van der Waals surface area contributed by atoms with Gasteiger partial charge in [0.15, 0.2) is 11.6 Å². The molecule has 3 aromatic heterocycles. The first-order chi connectivity index (χ1) is 28.1. The predicted octanol–water partition coefficient (Wildman–Crippen LogP) is 14.0. The standard InChI is InChI=1S/C52H36N4S/c1-3-4-24-46-34(2)42-31-30-40(43-22-14-23-45-44-21-11-12-25-48(44)57-49(43)45)33-47(42)56(46)52-54-50(38-28-26-37(27-29-38)35-15-7-5-8-16-35)53-51(55-52)41-20-13-19-39(32-41)36-17-9-6-10-18-36/h3-33H,1H2,2H3/b24-4-. The molecule has 0 N–H and O–H groups in total. The first-order valence-electron chi connectivity index (χ1n) is 19.1. The van der Waals surface area contributed by atoms with Crippen LogP contribution >= 0.6 is 11.3 Å². The van der Waals surface area contributed by atoms with Crippen LogP contribution < -0.4 is 0 Å². The van der Waals surface area contributed by atoms with Crippen LogP contribution in [0.15, 0.2) is 189 Å². The summed E-state index contributed by atoms with van der Waals surface area (Å²) >= 11 is 1.84. The predicted molar refractivity (Wildman–Crippen MR) is 241 cm³/mol. The SMILES string of the molecule is C=C/C=C\c1c(C)c2ccc(-c3cccc4c3sc3ccccc34)cc2n1-c1nc(-c2ccc(-c3ccccc3)cc2)nc(-c2cccc(-c3ccccc3)c2)n1. The summed E-state index contributed by atoms with van der Waals surface area (Å²) < 4.78 is 4.75. The summed E-state index contributed by atoms with van der Waals surface area (Å²) in [4.78, 5) is 15.7. The van der Waals surface area contributed by atoms with Crippen molar-refractivity contribution in [3.05, 3.63) is 200 Å². The Balaban J connectivity index is 1.20. The number of hydrogen-bond donors (Lipinski definition) is 0. The van der Waals surface area contributed by atoms with E-state index in [1.807, 2.05) is 35.6 Å². The van der Waals surface area contributed by atoms with Crippen LogP contribution in [0.25, 0.3) is 99.3 Å². The molecule has 0 atom stereocenters. The highest BCUT2D eigenvalue weighted by Gasteiger charge is 2.21. The fourth-order valence-corrected chi connectivity index (χ4v) is 9.06. The quantitative estimate of drug-likeness (QED) is 0.145. The second-order valence-corrected chi connectivity index (χ2v) is 15.2. The zero-order valence-corrected chi connectivity index (χ0v) is 32.1. The molecule has 57 heavy (non-hydrogen) atoms. The van der Waals surface area contributed by atoms with Crippen LogP contribution in [-0.2, 0) is 0 Å². The van der Waals surface area contributed by atoms with Crippen molar-refractivity contribution in [3.8, 4) is 62.1 Å². The number of rotatable bonds is 8. The number of allylic oxidation sites excluding steroid dienone is 2. The fraction of sp³-hybridized carbons (Fsp3) is 0.0192. The summed E-state index contributed by atoms with van der Waals surface area (Å²) in [6.45, 7) is 6.17. The summed E-state index contributed by atoms with van der Waals surface area (Å²) in [5, 5.41) is 3.69. The van der Waals surface area contributed by atoms with Gasteiger partial charge in [-0.25, -0.2) is 4.98 Å². The minimum atomic E-state index is 0.547. The van der Waals surface area contributed by atoms with Crippen LogP contribution in [0.2, 0.25) is 0 Å². The van der Waals surface area contributed by atoms with E-state index >= 15 is 0 Å². The van der Waals surface area contributed by atoms with Gasteiger partial charge >= 0.3 is 0 Å². The van der Waals surface area contributed by atoms with Crippen molar-refractivity contribution >= 4 is 48.5 Å². The second-order valence-electron chi connectivity index (χ2n) is 14.1. The molecule has 5 heteroatoms. The topological polar surface area (TPSA) is 43.6 Å². The lowest BCUT2D eigenvalue weighted by Crippen LogP contribution is -2.08. The Kier molecular flexibility index (Phi) is 8.70. The minimum absolute atomic E-state index is 0.547. The van der Waals surface area contributed by atoms with E-state index in [9.17, 15) is 0 Å². The van der Waals surface area contributed by atoms with Crippen LogP contribution in [-0.4, -0.2) is 19.5 Å². The first kappa shape index (κ1) is 34.3. The van der Waals surface area contributed by atoms with Crippen molar-refractivity contribution in [2.45, 2.75) is 6.92 Å². The highest BCUT2D eigenvalue weighted by molar-refractivity contribution is 7.26. The minimum Gasteiger partial charge on any atom is -0.278 e. The second kappa shape index (κ2) is 14.5. The third-order valence-corrected chi connectivity index (χ3v) is 11.9. The number of hydrogen-bond acceptors (Lipinski definition) is 4. The van der Waals surface area contributed by atoms with E-state index in [4.69, 9.17) is 15.0 Å². The van der Waals surface area contributed by atoms with Gasteiger partial charge in [0.2, 0.25) is 5.95 Å². The maximum Gasteiger partial charge on any atom is 0.238 e. The molecule has 0 fully saturated rings. The van der Waals surface area contributed by atoms with Gasteiger partial charge in [-0.05, 0) is 70.1 Å². The number of nitrogens with zero attached hydrogens (tertiary/aromatic N) is 4. The smallest absolute Gasteiger partial charge is 0.238 e. The van der Waals surface area contributed by atoms with E-state index in [-0.39, 0.29) is 0 Å². The molecule has 0 amide bonds. The van der Waals surface area contributed by atoms with Crippen LogP contribution in [0.5, 0.6) is 0 Å². The number of aryl methyl sites for hydroxylation is 1. The molecule has 0 unspecified atom stereocenters. The van der Waals surface area contributed by atoms with Gasteiger partial charge in [0.1, 0.15) is 0 Å². The third kappa shape index (κ3) is 6.24. The average molecular weight is 749 g/mol. The molecular weight excluding hydrogens is 713 g/mol. The van der Waals surface area contributed by atoms with Gasteiger partial charge in [-0.3, -0.25) is 4.57 Å². The van der Waals surface area contributed by atoms with Crippen molar-refractivity contribution in [1.82, 2.24) is 19.5 Å². The fourth-order valence-electron chi connectivity index (χ4n) is 7.82. The lowest BCUT2D eigenvalue weighted by molar-refractivity contribution is 0.924. The summed E-state index contributed by atoms with van der Waals surface area (Å²) in [6, 6.07) is 59.8. The van der Waals surface area contributed by atoms with Crippen molar-refractivity contribution < 1.29 is 0 Å². The van der Waals surface area contributed by atoms with Gasteiger partial charge in [0.05, 0.1) is 11.2 Å². The summed E-state index contributed by atoms with van der Waals surface area (Å²) in [5.41, 5.74) is 11.8. The van der Waals surface area contributed by atoms with E-state index in [1.165, 1.54) is 25.7 Å². The molecular formula is C52H36N4S. The molecule has 4 nitrogen and oxygen atoms in total. The van der Waals surface area contributed by atoms with E-state index in [1.54, 1.807) is 0 Å². The van der Waals surface area contributed by atoms with Crippen molar-refractivity contribution in [1.29, 1.82) is 0 Å². The molecule has 7 aromatic carbocycles. The van der Waals surface area contributed by atoms with E-state index in [0.717, 1.165) is 61.1 Å². The van der Waals surface area contributed by atoms with Gasteiger partial charge in [-0.2, -0.15) is 9.97 Å². The molecule has 0 aliphatic heterocycles. The molecule has 270 valence electrons. The van der Waals surface area contributed by atoms with E-state index < -0.39 is 0 Å². The maximum atomic E-state index is 5.30. The molecule has 0 aliphatic carbocycles. The Labute approximate surface area is 335 Å². The molecule has 0 bridgehead atoms. The molecule has 0 aliphatic rings. The van der Waals surface area contributed by atoms with Crippen LogP contribution in [0.1, 0.15) is 11.3 Å². The zero-order chi connectivity index (χ0) is 38.3. The van der Waals surface area contributed by atoms with E-state index in [0.29, 0.717) is 17.6 Å².